The molecule has 1 aliphatic carbocycles. The van der Waals surface area contributed by atoms with Gasteiger partial charge in [-0.15, -0.1) is 0 Å². The number of amides is 1. The number of carbonyl (C=O) groups excluding carboxylic acids is 1. The van der Waals surface area contributed by atoms with E-state index in [0.29, 0.717) is 17.4 Å². The molecule has 7 nitrogen and oxygen atoms in total. The van der Waals surface area contributed by atoms with Gasteiger partial charge in [0.15, 0.2) is 0 Å². The number of anilines is 1. The van der Waals surface area contributed by atoms with Crippen molar-refractivity contribution in [2.75, 3.05) is 5.32 Å². The number of hydrogen-bond donors (Lipinski definition) is 1. The first-order chi connectivity index (χ1) is 12.6. The third kappa shape index (κ3) is 3.42. The van der Waals surface area contributed by atoms with Crippen LogP contribution in [0.5, 0.6) is 11.6 Å². The standard InChI is InChI=1S/C19H19N5O2/c1-12-13(2)24(11-22-12)17-9-18(21-10-20-17)26-16-7-5-15(6-8-16)23-19(25)14-3-4-14/h5-11,14H,3-4H2,1-2H3,(H,23,25). The van der Waals surface area contributed by atoms with Crippen molar-refractivity contribution in [2.45, 2.75) is 26.7 Å². The highest BCUT2D eigenvalue weighted by Gasteiger charge is 2.29. The molecule has 2 aromatic heterocycles. The molecule has 1 amide bonds. The third-order valence-electron chi connectivity index (χ3n) is 4.42. The Morgan fingerprint density at radius 1 is 1.15 bits per heavy atom. The molecular weight excluding hydrogens is 330 g/mol. The Hall–Kier alpha value is -3.22. The fourth-order valence-electron chi connectivity index (χ4n) is 2.56. The van der Waals surface area contributed by atoms with E-state index in [1.165, 1.54) is 6.33 Å². The van der Waals surface area contributed by atoms with Gasteiger partial charge in [0.25, 0.3) is 0 Å². The molecule has 0 spiro atoms. The van der Waals surface area contributed by atoms with Crippen molar-refractivity contribution in [3.8, 4) is 17.4 Å². The lowest BCUT2D eigenvalue weighted by molar-refractivity contribution is -0.117. The van der Waals surface area contributed by atoms with E-state index in [4.69, 9.17) is 4.74 Å². The van der Waals surface area contributed by atoms with Crippen molar-refractivity contribution in [1.29, 1.82) is 0 Å². The summed E-state index contributed by atoms with van der Waals surface area (Å²) >= 11 is 0. The van der Waals surface area contributed by atoms with Gasteiger partial charge in [0.1, 0.15) is 24.2 Å². The number of hydrogen-bond acceptors (Lipinski definition) is 5. The predicted molar refractivity (Wildman–Crippen MR) is 96.5 cm³/mol. The molecule has 26 heavy (non-hydrogen) atoms. The minimum Gasteiger partial charge on any atom is -0.439 e. The highest BCUT2D eigenvalue weighted by Crippen LogP contribution is 2.30. The van der Waals surface area contributed by atoms with Gasteiger partial charge in [0.2, 0.25) is 11.8 Å². The van der Waals surface area contributed by atoms with Crippen LogP contribution in [-0.4, -0.2) is 25.4 Å². The zero-order chi connectivity index (χ0) is 18.1. The van der Waals surface area contributed by atoms with Crippen molar-refractivity contribution in [1.82, 2.24) is 19.5 Å². The zero-order valence-electron chi connectivity index (χ0n) is 14.6. The number of rotatable bonds is 5. The van der Waals surface area contributed by atoms with Crippen molar-refractivity contribution in [3.63, 3.8) is 0 Å². The topological polar surface area (TPSA) is 81.9 Å². The van der Waals surface area contributed by atoms with Crippen LogP contribution >= 0.6 is 0 Å². The Balaban J connectivity index is 1.47. The number of benzene rings is 1. The van der Waals surface area contributed by atoms with Crippen molar-refractivity contribution in [2.24, 2.45) is 5.92 Å². The number of nitrogens with one attached hydrogen (secondary N) is 1. The third-order valence-corrected chi connectivity index (χ3v) is 4.42. The smallest absolute Gasteiger partial charge is 0.227 e. The molecule has 0 saturated heterocycles. The second kappa shape index (κ2) is 6.59. The summed E-state index contributed by atoms with van der Waals surface area (Å²) in [6, 6.07) is 9.01. The van der Waals surface area contributed by atoms with Gasteiger partial charge in [-0.2, -0.15) is 0 Å². The average molecular weight is 349 g/mol. The number of imidazole rings is 1. The number of aryl methyl sites for hydroxylation is 1. The molecule has 4 rings (SSSR count). The highest BCUT2D eigenvalue weighted by atomic mass is 16.5. The van der Waals surface area contributed by atoms with Crippen LogP contribution in [0.3, 0.4) is 0 Å². The summed E-state index contributed by atoms with van der Waals surface area (Å²) in [6.07, 6.45) is 5.16. The molecular formula is C19H19N5O2. The summed E-state index contributed by atoms with van der Waals surface area (Å²) in [6.45, 7) is 3.94. The molecule has 7 heteroatoms. The number of ether oxygens (including phenoxy) is 1. The maximum absolute atomic E-state index is 11.8. The molecule has 1 saturated carbocycles. The van der Waals surface area contributed by atoms with Crippen molar-refractivity contribution in [3.05, 3.63) is 54.4 Å². The number of carbonyl (C=O) groups is 1. The van der Waals surface area contributed by atoms with Crippen molar-refractivity contribution < 1.29 is 9.53 Å². The summed E-state index contributed by atoms with van der Waals surface area (Å²) in [5.41, 5.74) is 2.74. The quantitative estimate of drug-likeness (QED) is 0.763. The first-order valence-corrected chi connectivity index (χ1v) is 8.52. The Labute approximate surface area is 151 Å². The normalized spacial score (nSPS) is 13.5. The molecule has 1 aliphatic rings. The Bertz CT molecular complexity index is 945. The molecule has 3 aromatic rings. The van der Waals surface area contributed by atoms with E-state index in [9.17, 15) is 4.79 Å². The minimum atomic E-state index is 0.0881. The van der Waals surface area contributed by atoms with E-state index in [1.54, 1.807) is 24.5 Å². The van der Waals surface area contributed by atoms with E-state index in [0.717, 1.165) is 29.9 Å². The largest absolute Gasteiger partial charge is 0.439 e. The van der Waals surface area contributed by atoms with E-state index < -0.39 is 0 Å². The average Bonchev–Trinajstić information content (AvgIpc) is 3.44. The second-order valence-electron chi connectivity index (χ2n) is 6.39. The molecule has 2 heterocycles. The Morgan fingerprint density at radius 3 is 2.58 bits per heavy atom. The predicted octanol–water partition coefficient (Wildman–Crippen LogP) is 3.42. The molecule has 0 aliphatic heterocycles. The van der Waals surface area contributed by atoms with Crippen LogP contribution in [0.25, 0.3) is 5.82 Å². The lowest BCUT2D eigenvalue weighted by atomic mass is 10.3. The van der Waals surface area contributed by atoms with Crippen LogP contribution in [-0.2, 0) is 4.79 Å². The van der Waals surface area contributed by atoms with Crippen LogP contribution in [0, 0.1) is 19.8 Å². The van der Waals surface area contributed by atoms with Crippen LogP contribution < -0.4 is 10.1 Å². The zero-order valence-corrected chi connectivity index (χ0v) is 14.6. The molecule has 132 valence electrons. The summed E-state index contributed by atoms with van der Waals surface area (Å²) in [5, 5.41) is 2.90. The Morgan fingerprint density at radius 2 is 1.92 bits per heavy atom. The molecule has 0 radical (unpaired) electrons. The van der Waals surface area contributed by atoms with Crippen LogP contribution in [0.2, 0.25) is 0 Å². The molecule has 1 aromatic carbocycles. The lowest BCUT2D eigenvalue weighted by Crippen LogP contribution is -2.12. The van der Waals surface area contributed by atoms with Gasteiger partial charge >= 0.3 is 0 Å². The lowest BCUT2D eigenvalue weighted by Gasteiger charge is -2.09. The van der Waals surface area contributed by atoms with Gasteiger partial charge in [-0.3, -0.25) is 9.36 Å². The SMILES string of the molecule is Cc1ncn(-c2cc(Oc3ccc(NC(=O)C4CC4)cc3)ncn2)c1C. The van der Waals surface area contributed by atoms with Crippen LogP contribution in [0.1, 0.15) is 24.2 Å². The summed E-state index contributed by atoms with van der Waals surface area (Å²) < 4.78 is 7.70. The van der Waals surface area contributed by atoms with E-state index in [1.807, 2.05) is 30.5 Å². The van der Waals surface area contributed by atoms with Gasteiger partial charge in [0.05, 0.1) is 5.69 Å². The first-order valence-electron chi connectivity index (χ1n) is 8.52. The molecule has 0 unspecified atom stereocenters. The maximum atomic E-state index is 11.8. The first kappa shape index (κ1) is 16.3. The second-order valence-corrected chi connectivity index (χ2v) is 6.39. The number of nitrogens with zero attached hydrogens (tertiary/aromatic N) is 4. The van der Waals surface area contributed by atoms with E-state index in [2.05, 4.69) is 20.3 Å². The maximum Gasteiger partial charge on any atom is 0.227 e. The summed E-state index contributed by atoms with van der Waals surface area (Å²) in [5.74, 6) is 2.04. The van der Waals surface area contributed by atoms with E-state index >= 15 is 0 Å². The molecule has 1 N–H and O–H groups in total. The van der Waals surface area contributed by atoms with Gasteiger partial charge in [-0.25, -0.2) is 15.0 Å². The monoisotopic (exact) mass is 349 g/mol. The summed E-state index contributed by atoms with van der Waals surface area (Å²) in [7, 11) is 0. The van der Waals surface area contributed by atoms with Crippen LogP contribution in [0.15, 0.2) is 43.0 Å². The highest BCUT2D eigenvalue weighted by molar-refractivity contribution is 5.94. The fraction of sp³-hybridized carbons (Fsp3) is 0.263. The van der Waals surface area contributed by atoms with Gasteiger partial charge in [-0.05, 0) is 51.0 Å². The molecule has 1 fully saturated rings. The number of aromatic nitrogens is 4. The van der Waals surface area contributed by atoms with Crippen LogP contribution in [0.4, 0.5) is 5.69 Å². The summed E-state index contributed by atoms with van der Waals surface area (Å²) in [4.78, 5) is 24.5. The molecule has 0 bridgehead atoms. The minimum absolute atomic E-state index is 0.0881. The van der Waals surface area contributed by atoms with Gasteiger partial charge in [-0.1, -0.05) is 0 Å². The van der Waals surface area contributed by atoms with Gasteiger partial charge in [0, 0.05) is 23.4 Å². The fourth-order valence-corrected chi connectivity index (χ4v) is 2.56. The van der Waals surface area contributed by atoms with E-state index in [-0.39, 0.29) is 11.8 Å². The Kier molecular flexibility index (Phi) is 4.12. The molecule has 0 atom stereocenters. The van der Waals surface area contributed by atoms with Crippen molar-refractivity contribution >= 4 is 11.6 Å². The van der Waals surface area contributed by atoms with Gasteiger partial charge < -0.3 is 10.1 Å².